The number of rotatable bonds is 4. The molecule has 0 amide bonds. The van der Waals surface area contributed by atoms with Crippen molar-refractivity contribution in [2.45, 2.75) is 55.6 Å². The minimum atomic E-state index is -2.62. The molecular weight excluding hydrogens is 298 g/mol. The maximum absolute atomic E-state index is 13.2. The average molecular weight is 317 g/mol. The summed E-state index contributed by atoms with van der Waals surface area (Å²) >= 11 is 5.79. The molecule has 2 aliphatic carbocycles. The fraction of sp³-hybridized carbons (Fsp3) is 0.667. The lowest BCUT2D eigenvalue weighted by molar-refractivity contribution is -0.103. The molecule has 0 radical (unpaired) electrons. The van der Waals surface area contributed by atoms with Crippen LogP contribution in [-0.4, -0.2) is 28.2 Å². The third kappa shape index (κ3) is 3.35. The number of halogens is 3. The summed E-state index contributed by atoms with van der Waals surface area (Å²) in [4.78, 5) is 4.08. The monoisotopic (exact) mass is 316 g/mol. The molecule has 0 spiro atoms. The minimum absolute atomic E-state index is 0.141. The lowest BCUT2D eigenvalue weighted by atomic mass is 9.82. The van der Waals surface area contributed by atoms with Crippen molar-refractivity contribution in [3.63, 3.8) is 0 Å². The maximum Gasteiger partial charge on any atom is 0.248 e. The van der Waals surface area contributed by atoms with Crippen molar-refractivity contribution < 1.29 is 13.9 Å². The van der Waals surface area contributed by atoms with Gasteiger partial charge in [-0.2, -0.15) is 0 Å². The largest absolute Gasteiger partial charge is 0.389 e. The zero-order valence-electron chi connectivity index (χ0n) is 11.7. The van der Waals surface area contributed by atoms with Crippen LogP contribution in [0.1, 0.15) is 44.1 Å². The van der Waals surface area contributed by atoms with Gasteiger partial charge in [0.1, 0.15) is 5.15 Å². The van der Waals surface area contributed by atoms with Crippen LogP contribution in [0.15, 0.2) is 18.3 Å². The third-order valence-corrected chi connectivity index (χ3v) is 4.92. The molecular formula is C15H19ClF2N2O. The summed E-state index contributed by atoms with van der Waals surface area (Å²) in [5.41, 5.74) is -0.165. The maximum atomic E-state index is 13.2. The molecule has 1 heterocycles. The van der Waals surface area contributed by atoms with Gasteiger partial charge in [0, 0.05) is 31.1 Å². The highest BCUT2D eigenvalue weighted by Crippen LogP contribution is 2.46. The highest BCUT2D eigenvalue weighted by atomic mass is 35.5. The second-order valence-electron chi connectivity index (χ2n) is 6.39. The zero-order valence-corrected chi connectivity index (χ0v) is 12.5. The Bertz CT molecular complexity index is 507. The highest BCUT2D eigenvalue weighted by molar-refractivity contribution is 6.29. The standard InChI is InChI=1S/C15H19ClF2N2O/c16-12-2-1-11(9-19-12)14(5-6-14)20-10-13(21)3-7-15(17,18)8-4-13/h1-2,9,20-21H,3-8,10H2. The number of pyridine rings is 1. The van der Waals surface area contributed by atoms with Crippen LogP contribution in [0.2, 0.25) is 5.15 Å². The molecule has 21 heavy (non-hydrogen) atoms. The first kappa shape index (κ1) is 15.1. The quantitative estimate of drug-likeness (QED) is 0.838. The Morgan fingerprint density at radius 2 is 1.81 bits per heavy atom. The first-order valence-electron chi connectivity index (χ1n) is 7.30. The van der Waals surface area contributed by atoms with E-state index < -0.39 is 11.5 Å². The summed E-state index contributed by atoms with van der Waals surface area (Å²) < 4.78 is 26.4. The zero-order chi connectivity index (χ0) is 15.1. The number of nitrogens with zero attached hydrogens (tertiary/aromatic N) is 1. The molecule has 0 unspecified atom stereocenters. The number of hydrogen-bond acceptors (Lipinski definition) is 3. The van der Waals surface area contributed by atoms with Crippen molar-refractivity contribution in [1.82, 2.24) is 10.3 Å². The van der Waals surface area contributed by atoms with Crippen LogP contribution in [0, 0.1) is 0 Å². The summed E-state index contributed by atoms with van der Waals surface area (Å²) in [5.74, 6) is -2.62. The second kappa shape index (κ2) is 5.14. The van der Waals surface area contributed by atoms with E-state index in [2.05, 4.69) is 10.3 Å². The summed E-state index contributed by atoms with van der Waals surface area (Å²) in [7, 11) is 0. The second-order valence-corrected chi connectivity index (χ2v) is 6.77. The molecule has 1 aromatic rings. The number of hydrogen-bond donors (Lipinski definition) is 2. The molecule has 2 saturated carbocycles. The van der Waals surface area contributed by atoms with Crippen LogP contribution in [-0.2, 0) is 5.54 Å². The summed E-state index contributed by atoms with van der Waals surface area (Å²) in [6, 6.07) is 3.67. The molecule has 0 aliphatic heterocycles. The minimum Gasteiger partial charge on any atom is -0.389 e. The van der Waals surface area contributed by atoms with E-state index in [9.17, 15) is 13.9 Å². The third-order valence-electron chi connectivity index (χ3n) is 4.70. The van der Waals surface area contributed by atoms with Crippen LogP contribution in [0.3, 0.4) is 0 Å². The van der Waals surface area contributed by atoms with Gasteiger partial charge in [-0.05, 0) is 37.3 Å². The fourth-order valence-corrected chi connectivity index (χ4v) is 3.05. The molecule has 116 valence electrons. The van der Waals surface area contributed by atoms with E-state index in [0.717, 1.165) is 18.4 Å². The van der Waals surface area contributed by atoms with Crippen molar-refractivity contribution >= 4 is 11.6 Å². The van der Waals surface area contributed by atoms with Crippen molar-refractivity contribution in [3.8, 4) is 0 Å². The van der Waals surface area contributed by atoms with Gasteiger partial charge in [-0.25, -0.2) is 13.8 Å². The Balaban J connectivity index is 1.61. The van der Waals surface area contributed by atoms with Gasteiger partial charge in [-0.3, -0.25) is 0 Å². The van der Waals surface area contributed by atoms with E-state index in [0.29, 0.717) is 11.7 Å². The first-order chi connectivity index (χ1) is 9.83. The SMILES string of the molecule is OC1(CNC2(c3ccc(Cl)nc3)CC2)CCC(F)(F)CC1. The predicted molar refractivity (Wildman–Crippen MR) is 76.5 cm³/mol. The molecule has 2 N–H and O–H groups in total. The molecule has 2 aliphatic rings. The van der Waals surface area contributed by atoms with E-state index in [4.69, 9.17) is 11.6 Å². The molecule has 6 heteroatoms. The van der Waals surface area contributed by atoms with Gasteiger partial charge in [0.2, 0.25) is 5.92 Å². The number of nitrogens with one attached hydrogen (secondary N) is 1. The van der Waals surface area contributed by atoms with Crippen LogP contribution < -0.4 is 5.32 Å². The van der Waals surface area contributed by atoms with Crippen LogP contribution in [0.4, 0.5) is 8.78 Å². The van der Waals surface area contributed by atoms with E-state index >= 15 is 0 Å². The van der Waals surface area contributed by atoms with Crippen molar-refractivity contribution in [2.75, 3.05) is 6.54 Å². The smallest absolute Gasteiger partial charge is 0.248 e. The van der Waals surface area contributed by atoms with Crippen LogP contribution in [0.25, 0.3) is 0 Å². The van der Waals surface area contributed by atoms with E-state index in [1.54, 1.807) is 12.3 Å². The normalized spacial score (nSPS) is 25.5. The molecule has 3 rings (SSSR count). The summed E-state index contributed by atoms with van der Waals surface area (Å²) in [6.07, 6.45) is 3.47. The number of aliphatic hydroxyl groups is 1. The summed E-state index contributed by atoms with van der Waals surface area (Å²) in [6.45, 7) is 0.339. The Morgan fingerprint density at radius 1 is 1.14 bits per heavy atom. The fourth-order valence-electron chi connectivity index (χ4n) is 2.94. The molecule has 1 aromatic heterocycles. The predicted octanol–water partition coefficient (Wildman–Crippen LogP) is 3.25. The lowest BCUT2D eigenvalue weighted by Crippen LogP contribution is -2.48. The van der Waals surface area contributed by atoms with Crippen molar-refractivity contribution in [1.29, 1.82) is 0 Å². The Morgan fingerprint density at radius 3 is 2.33 bits per heavy atom. The molecule has 0 saturated heterocycles. The van der Waals surface area contributed by atoms with Gasteiger partial charge in [-0.1, -0.05) is 17.7 Å². The lowest BCUT2D eigenvalue weighted by Gasteiger charge is -2.37. The molecule has 0 bridgehead atoms. The van der Waals surface area contributed by atoms with Crippen LogP contribution >= 0.6 is 11.6 Å². The highest BCUT2D eigenvalue weighted by Gasteiger charge is 2.47. The van der Waals surface area contributed by atoms with Gasteiger partial charge in [0.05, 0.1) is 5.60 Å². The molecule has 2 fully saturated rings. The summed E-state index contributed by atoms with van der Waals surface area (Å²) in [5, 5.41) is 14.3. The Labute approximate surface area is 127 Å². The Hall–Kier alpha value is -0.780. The van der Waals surface area contributed by atoms with E-state index in [-0.39, 0.29) is 31.2 Å². The van der Waals surface area contributed by atoms with E-state index in [1.807, 2.05) is 6.07 Å². The topological polar surface area (TPSA) is 45.1 Å². The molecule has 3 nitrogen and oxygen atoms in total. The van der Waals surface area contributed by atoms with Gasteiger partial charge in [0.15, 0.2) is 0 Å². The van der Waals surface area contributed by atoms with Crippen molar-refractivity contribution in [3.05, 3.63) is 29.0 Å². The van der Waals surface area contributed by atoms with Crippen LogP contribution in [0.5, 0.6) is 0 Å². The van der Waals surface area contributed by atoms with Gasteiger partial charge in [0.25, 0.3) is 0 Å². The number of alkyl halides is 2. The first-order valence-corrected chi connectivity index (χ1v) is 7.68. The average Bonchev–Trinajstić information content (AvgIpc) is 3.23. The van der Waals surface area contributed by atoms with Gasteiger partial charge in [-0.15, -0.1) is 0 Å². The Kier molecular flexibility index (Phi) is 3.71. The van der Waals surface area contributed by atoms with Gasteiger partial charge >= 0.3 is 0 Å². The van der Waals surface area contributed by atoms with Gasteiger partial charge < -0.3 is 10.4 Å². The number of aromatic nitrogens is 1. The van der Waals surface area contributed by atoms with Crippen molar-refractivity contribution in [2.24, 2.45) is 0 Å². The van der Waals surface area contributed by atoms with E-state index in [1.165, 1.54) is 0 Å². The molecule has 0 aromatic carbocycles. The molecule has 0 atom stereocenters.